The third-order valence-corrected chi connectivity index (χ3v) is 5.49. The molecule has 1 aliphatic rings. The molecule has 8 heteroatoms. The number of amides is 1. The number of anilines is 1. The molecule has 164 valence electrons. The standard InChI is InChI=1S/C23H28BNO6/c1-6-20(26)29-19-13-12-17(24-30-22(2,3)23(4,5)31-24)14-18(19)25-21(27)28-15-16-10-8-7-9-11-16/h7-14H,6,15H2,1-5H3,(H,25,27). The van der Waals surface area contributed by atoms with Gasteiger partial charge in [-0.25, -0.2) is 4.79 Å². The Morgan fingerprint density at radius 3 is 2.26 bits per heavy atom. The average molecular weight is 425 g/mol. The first-order valence-corrected chi connectivity index (χ1v) is 10.3. The fraction of sp³-hybridized carbons (Fsp3) is 0.391. The second-order valence-corrected chi connectivity index (χ2v) is 8.36. The van der Waals surface area contributed by atoms with Crippen molar-refractivity contribution in [1.82, 2.24) is 0 Å². The molecule has 7 nitrogen and oxygen atoms in total. The monoisotopic (exact) mass is 425 g/mol. The van der Waals surface area contributed by atoms with Crippen molar-refractivity contribution >= 4 is 30.3 Å². The Hall–Kier alpha value is -2.84. The normalized spacial score (nSPS) is 16.6. The van der Waals surface area contributed by atoms with Crippen LogP contribution in [-0.4, -0.2) is 30.4 Å². The molecule has 0 unspecified atom stereocenters. The molecule has 1 N–H and O–H groups in total. The summed E-state index contributed by atoms with van der Waals surface area (Å²) in [5.74, 6) is -0.187. The van der Waals surface area contributed by atoms with Gasteiger partial charge in [0.15, 0.2) is 5.75 Å². The maximum Gasteiger partial charge on any atom is 0.494 e. The van der Waals surface area contributed by atoms with Gasteiger partial charge in [0.2, 0.25) is 0 Å². The van der Waals surface area contributed by atoms with E-state index < -0.39 is 30.4 Å². The van der Waals surface area contributed by atoms with Gasteiger partial charge in [-0.05, 0) is 50.9 Å². The SMILES string of the molecule is CCC(=O)Oc1ccc(B2OC(C)(C)C(C)(C)O2)cc1NC(=O)OCc1ccccc1. The van der Waals surface area contributed by atoms with Crippen molar-refractivity contribution in [3.05, 3.63) is 54.1 Å². The zero-order valence-electron chi connectivity index (χ0n) is 18.6. The van der Waals surface area contributed by atoms with E-state index in [1.54, 1.807) is 25.1 Å². The van der Waals surface area contributed by atoms with Crippen molar-refractivity contribution in [3.63, 3.8) is 0 Å². The summed E-state index contributed by atoms with van der Waals surface area (Å²) in [6.45, 7) is 9.67. The number of hydrogen-bond donors (Lipinski definition) is 1. The summed E-state index contributed by atoms with van der Waals surface area (Å²) in [5, 5.41) is 2.67. The molecule has 0 radical (unpaired) electrons. The number of ether oxygens (including phenoxy) is 2. The van der Waals surface area contributed by atoms with Crippen molar-refractivity contribution in [3.8, 4) is 5.75 Å². The van der Waals surface area contributed by atoms with Crippen LogP contribution in [-0.2, 0) is 25.4 Å². The molecule has 1 amide bonds. The van der Waals surface area contributed by atoms with Crippen LogP contribution in [0.15, 0.2) is 48.5 Å². The number of carbonyl (C=O) groups excluding carboxylic acids is 2. The Kier molecular flexibility index (Phi) is 6.72. The van der Waals surface area contributed by atoms with Gasteiger partial charge in [0.25, 0.3) is 0 Å². The van der Waals surface area contributed by atoms with E-state index in [0.717, 1.165) is 5.56 Å². The van der Waals surface area contributed by atoms with Crippen molar-refractivity contribution in [2.24, 2.45) is 0 Å². The molecule has 0 atom stereocenters. The van der Waals surface area contributed by atoms with Crippen LogP contribution in [0.5, 0.6) is 5.75 Å². The predicted octanol–water partition coefficient (Wildman–Crippen LogP) is 4.05. The van der Waals surface area contributed by atoms with E-state index >= 15 is 0 Å². The maximum atomic E-state index is 12.4. The molecule has 1 aliphatic heterocycles. The molecule has 0 aromatic heterocycles. The van der Waals surface area contributed by atoms with Crippen LogP contribution in [0, 0.1) is 0 Å². The largest absolute Gasteiger partial charge is 0.494 e. The molecule has 31 heavy (non-hydrogen) atoms. The quantitative estimate of drug-likeness (QED) is 0.427. The van der Waals surface area contributed by atoms with Gasteiger partial charge in [0.1, 0.15) is 6.61 Å². The van der Waals surface area contributed by atoms with Gasteiger partial charge in [-0.2, -0.15) is 0 Å². The number of rotatable bonds is 6. The molecule has 0 spiro atoms. The summed E-state index contributed by atoms with van der Waals surface area (Å²) in [7, 11) is -0.623. The third-order valence-electron chi connectivity index (χ3n) is 5.49. The number of nitrogens with one attached hydrogen (secondary N) is 1. The molecule has 0 aliphatic carbocycles. The Labute approximate surface area is 183 Å². The molecule has 1 heterocycles. The second kappa shape index (κ2) is 9.12. The van der Waals surface area contributed by atoms with Crippen LogP contribution in [0.3, 0.4) is 0 Å². The molecule has 0 saturated carbocycles. The minimum Gasteiger partial charge on any atom is -0.444 e. The molecule has 1 saturated heterocycles. The number of benzene rings is 2. The third kappa shape index (κ3) is 5.45. The Balaban J connectivity index is 1.79. The predicted molar refractivity (Wildman–Crippen MR) is 118 cm³/mol. The fourth-order valence-corrected chi connectivity index (χ4v) is 2.92. The van der Waals surface area contributed by atoms with E-state index in [1.165, 1.54) is 0 Å². The van der Waals surface area contributed by atoms with Crippen molar-refractivity contribution in [1.29, 1.82) is 0 Å². The molecule has 3 rings (SSSR count). The van der Waals surface area contributed by atoms with Crippen LogP contribution in [0.2, 0.25) is 0 Å². The van der Waals surface area contributed by atoms with Gasteiger partial charge < -0.3 is 18.8 Å². The lowest BCUT2D eigenvalue weighted by Gasteiger charge is -2.32. The number of esters is 1. The van der Waals surface area contributed by atoms with Crippen LogP contribution in [0.1, 0.15) is 46.6 Å². The van der Waals surface area contributed by atoms with Gasteiger partial charge in [-0.15, -0.1) is 0 Å². The first-order valence-electron chi connectivity index (χ1n) is 10.3. The van der Waals surface area contributed by atoms with Crippen LogP contribution in [0.25, 0.3) is 0 Å². The van der Waals surface area contributed by atoms with E-state index in [2.05, 4.69) is 5.32 Å². The van der Waals surface area contributed by atoms with E-state index in [1.807, 2.05) is 58.0 Å². The van der Waals surface area contributed by atoms with E-state index in [-0.39, 0.29) is 18.8 Å². The number of carbonyl (C=O) groups is 2. The highest BCUT2D eigenvalue weighted by Crippen LogP contribution is 2.37. The Morgan fingerprint density at radius 1 is 1.00 bits per heavy atom. The van der Waals surface area contributed by atoms with E-state index in [9.17, 15) is 9.59 Å². The number of hydrogen-bond acceptors (Lipinski definition) is 6. The summed E-state index contributed by atoms with van der Waals surface area (Å²) in [6.07, 6.45) is -0.458. The Morgan fingerprint density at radius 2 is 1.65 bits per heavy atom. The van der Waals surface area contributed by atoms with Crippen LogP contribution in [0.4, 0.5) is 10.5 Å². The zero-order valence-corrected chi connectivity index (χ0v) is 18.6. The van der Waals surface area contributed by atoms with Crippen LogP contribution < -0.4 is 15.5 Å². The van der Waals surface area contributed by atoms with Crippen molar-refractivity contribution < 1.29 is 28.4 Å². The van der Waals surface area contributed by atoms with Gasteiger partial charge in [0.05, 0.1) is 16.9 Å². The highest BCUT2D eigenvalue weighted by atomic mass is 16.7. The summed E-state index contributed by atoms with van der Waals surface area (Å²) in [4.78, 5) is 24.2. The first-order chi connectivity index (χ1) is 14.6. The molecule has 0 bridgehead atoms. The Bertz CT molecular complexity index is 928. The lowest BCUT2D eigenvalue weighted by Crippen LogP contribution is -2.41. The van der Waals surface area contributed by atoms with E-state index in [4.69, 9.17) is 18.8 Å². The minimum absolute atomic E-state index is 0.119. The van der Waals surface area contributed by atoms with Crippen molar-refractivity contribution in [2.45, 2.75) is 58.8 Å². The molecule has 1 fully saturated rings. The summed E-state index contributed by atoms with van der Waals surface area (Å²) in [5.41, 5.74) is 0.835. The zero-order chi connectivity index (χ0) is 22.6. The second-order valence-electron chi connectivity index (χ2n) is 8.36. The molecular weight excluding hydrogens is 397 g/mol. The first kappa shape index (κ1) is 22.8. The summed E-state index contributed by atoms with van der Waals surface area (Å²) in [6, 6.07) is 14.4. The van der Waals surface area contributed by atoms with Crippen molar-refractivity contribution in [2.75, 3.05) is 5.32 Å². The minimum atomic E-state index is -0.663. The van der Waals surface area contributed by atoms with E-state index in [0.29, 0.717) is 11.2 Å². The lowest BCUT2D eigenvalue weighted by molar-refractivity contribution is -0.133. The van der Waals surface area contributed by atoms with Crippen LogP contribution >= 0.6 is 0 Å². The molecule has 2 aromatic carbocycles. The van der Waals surface area contributed by atoms with Gasteiger partial charge in [-0.1, -0.05) is 43.3 Å². The smallest absolute Gasteiger partial charge is 0.444 e. The van der Waals surface area contributed by atoms with Gasteiger partial charge in [0, 0.05) is 6.42 Å². The summed E-state index contributed by atoms with van der Waals surface area (Å²) < 4.78 is 22.8. The summed E-state index contributed by atoms with van der Waals surface area (Å²) >= 11 is 0. The highest BCUT2D eigenvalue weighted by Gasteiger charge is 2.51. The topological polar surface area (TPSA) is 83.1 Å². The highest BCUT2D eigenvalue weighted by molar-refractivity contribution is 6.62. The van der Waals surface area contributed by atoms with Gasteiger partial charge in [-0.3, -0.25) is 10.1 Å². The average Bonchev–Trinajstić information content (AvgIpc) is 2.95. The maximum absolute atomic E-state index is 12.4. The molecule has 2 aromatic rings. The van der Waals surface area contributed by atoms with Gasteiger partial charge >= 0.3 is 19.2 Å². The lowest BCUT2D eigenvalue weighted by atomic mass is 9.79. The fourth-order valence-electron chi connectivity index (χ4n) is 2.92. The molecular formula is C23H28BNO6.